The first-order chi connectivity index (χ1) is 9.05. The normalized spacial score (nSPS) is 11.9. The summed E-state index contributed by atoms with van der Waals surface area (Å²) in [4.78, 5) is 0. The van der Waals surface area contributed by atoms with E-state index in [-0.39, 0.29) is 0 Å². The average Bonchev–Trinajstić information content (AvgIpc) is 2.82. The number of halogens is 3. The molecule has 0 bridgehead atoms. The van der Waals surface area contributed by atoms with Crippen LogP contribution in [0, 0.1) is 0 Å². The Morgan fingerprint density at radius 3 is 2.53 bits per heavy atom. The Kier molecular flexibility index (Phi) is 2.55. The lowest BCUT2D eigenvalue weighted by molar-refractivity contribution is -0.137. The molecule has 2 nitrogen and oxygen atoms in total. The maximum atomic E-state index is 12.7. The number of nitrogens with zero attached hydrogens (tertiary/aromatic N) is 1. The van der Waals surface area contributed by atoms with Crippen molar-refractivity contribution in [2.45, 2.75) is 6.18 Å². The van der Waals surface area contributed by atoms with Crippen LogP contribution in [-0.2, 0) is 6.18 Å². The molecular formula is C14H9F3N2. The fraction of sp³-hybridized carbons (Fsp3) is 0.0714. The quantitative estimate of drug-likeness (QED) is 0.697. The van der Waals surface area contributed by atoms with Crippen LogP contribution in [0.25, 0.3) is 22.2 Å². The van der Waals surface area contributed by atoms with Crippen molar-refractivity contribution in [1.82, 2.24) is 10.2 Å². The molecular weight excluding hydrogens is 253 g/mol. The molecule has 96 valence electrons. The fourth-order valence-corrected chi connectivity index (χ4v) is 2.03. The standard InChI is InChI=1S/C14H9F3N2/c15-14(16,17)10-5-3-4-9(8-10)13-11-6-1-2-7-12(11)18-19-13/h1-8H,(H,18,19). The molecule has 5 heteroatoms. The van der Waals surface area contributed by atoms with Crippen molar-refractivity contribution < 1.29 is 13.2 Å². The molecule has 19 heavy (non-hydrogen) atoms. The van der Waals surface area contributed by atoms with Gasteiger partial charge in [0.25, 0.3) is 0 Å². The summed E-state index contributed by atoms with van der Waals surface area (Å²) in [5.74, 6) is 0. The predicted octanol–water partition coefficient (Wildman–Crippen LogP) is 4.25. The number of hydrogen-bond acceptors (Lipinski definition) is 1. The van der Waals surface area contributed by atoms with Crippen LogP contribution in [0.5, 0.6) is 0 Å². The highest BCUT2D eigenvalue weighted by atomic mass is 19.4. The number of nitrogens with one attached hydrogen (secondary N) is 1. The van der Waals surface area contributed by atoms with Gasteiger partial charge in [0.05, 0.1) is 16.8 Å². The highest BCUT2D eigenvalue weighted by Crippen LogP contribution is 2.33. The highest BCUT2D eigenvalue weighted by Gasteiger charge is 2.30. The van der Waals surface area contributed by atoms with Gasteiger partial charge in [0.2, 0.25) is 0 Å². The third-order valence-electron chi connectivity index (χ3n) is 2.93. The Balaban J connectivity index is 2.17. The molecule has 0 fully saturated rings. The molecule has 0 amide bonds. The molecule has 3 rings (SSSR count). The molecule has 0 saturated carbocycles. The van der Waals surface area contributed by atoms with Gasteiger partial charge in [-0.15, -0.1) is 0 Å². The van der Waals surface area contributed by atoms with Crippen molar-refractivity contribution in [3.05, 3.63) is 54.1 Å². The van der Waals surface area contributed by atoms with E-state index in [1.165, 1.54) is 6.07 Å². The van der Waals surface area contributed by atoms with E-state index in [0.717, 1.165) is 23.0 Å². The number of alkyl halides is 3. The van der Waals surface area contributed by atoms with Crippen LogP contribution < -0.4 is 0 Å². The Labute approximate surface area is 106 Å². The molecule has 3 aromatic rings. The number of aromatic amines is 1. The van der Waals surface area contributed by atoms with Gasteiger partial charge in [-0.2, -0.15) is 18.3 Å². The molecule has 1 heterocycles. The van der Waals surface area contributed by atoms with Crippen molar-refractivity contribution in [3.63, 3.8) is 0 Å². The van der Waals surface area contributed by atoms with Crippen molar-refractivity contribution in [2.24, 2.45) is 0 Å². The summed E-state index contributed by atoms with van der Waals surface area (Å²) in [6.07, 6.45) is -4.35. The van der Waals surface area contributed by atoms with Gasteiger partial charge in [-0.05, 0) is 18.2 Å². The van der Waals surface area contributed by atoms with E-state index >= 15 is 0 Å². The third-order valence-corrected chi connectivity index (χ3v) is 2.93. The number of para-hydroxylation sites is 1. The zero-order chi connectivity index (χ0) is 13.5. The minimum Gasteiger partial charge on any atom is -0.277 e. The molecule has 0 aliphatic carbocycles. The van der Waals surface area contributed by atoms with E-state index in [4.69, 9.17) is 0 Å². The highest BCUT2D eigenvalue weighted by molar-refractivity contribution is 5.92. The van der Waals surface area contributed by atoms with Crippen LogP contribution in [0.2, 0.25) is 0 Å². The summed E-state index contributed by atoms with van der Waals surface area (Å²) in [5.41, 5.74) is 1.11. The molecule has 0 radical (unpaired) electrons. The SMILES string of the molecule is FC(F)(F)c1cccc(-c2n[nH]c3ccccc23)c1. The molecule has 0 atom stereocenters. The summed E-state index contributed by atoms with van der Waals surface area (Å²) in [6, 6.07) is 12.5. The number of fused-ring (bicyclic) bond motifs is 1. The summed E-state index contributed by atoms with van der Waals surface area (Å²) >= 11 is 0. The van der Waals surface area contributed by atoms with Crippen LogP contribution in [0.3, 0.4) is 0 Å². The van der Waals surface area contributed by atoms with Gasteiger partial charge in [0.1, 0.15) is 0 Å². The van der Waals surface area contributed by atoms with E-state index in [9.17, 15) is 13.2 Å². The minimum absolute atomic E-state index is 0.451. The van der Waals surface area contributed by atoms with Crippen LogP contribution in [-0.4, -0.2) is 10.2 Å². The number of hydrogen-bond donors (Lipinski definition) is 1. The maximum absolute atomic E-state index is 12.7. The largest absolute Gasteiger partial charge is 0.416 e. The van der Waals surface area contributed by atoms with Gasteiger partial charge in [0.15, 0.2) is 0 Å². The summed E-state index contributed by atoms with van der Waals surface area (Å²) in [5, 5.41) is 7.72. The average molecular weight is 262 g/mol. The first-order valence-corrected chi connectivity index (χ1v) is 5.66. The van der Waals surface area contributed by atoms with Gasteiger partial charge >= 0.3 is 6.18 Å². The van der Waals surface area contributed by atoms with Crippen molar-refractivity contribution in [1.29, 1.82) is 0 Å². The lowest BCUT2D eigenvalue weighted by Gasteiger charge is -2.07. The van der Waals surface area contributed by atoms with E-state index in [1.807, 2.05) is 24.3 Å². The molecule has 0 unspecified atom stereocenters. The lowest BCUT2D eigenvalue weighted by atomic mass is 10.0. The number of rotatable bonds is 1. The molecule has 1 N–H and O–H groups in total. The van der Waals surface area contributed by atoms with Crippen LogP contribution in [0.15, 0.2) is 48.5 Å². The van der Waals surface area contributed by atoms with E-state index in [2.05, 4.69) is 10.2 Å². The van der Waals surface area contributed by atoms with E-state index in [0.29, 0.717) is 11.3 Å². The second-order valence-corrected chi connectivity index (χ2v) is 4.20. The van der Waals surface area contributed by atoms with Crippen LogP contribution in [0.1, 0.15) is 5.56 Å². The Morgan fingerprint density at radius 2 is 1.74 bits per heavy atom. The van der Waals surface area contributed by atoms with Crippen molar-refractivity contribution in [3.8, 4) is 11.3 Å². The van der Waals surface area contributed by atoms with Gasteiger partial charge < -0.3 is 0 Å². The Hall–Kier alpha value is -2.30. The number of benzene rings is 2. The van der Waals surface area contributed by atoms with Gasteiger partial charge in [-0.1, -0.05) is 30.3 Å². The molecule has 0 aliphatic rings. The van der Waals surface area contributed by atoms with Crippen LogP contribution in [0.4, 0.5) is 13.2 Å². The van der Waals surface area contributed by atoms with Gasteiger partial charge in [0, 0.05) is 10.9 Å². The topological polar surface area (TPSA) is 28.7 Å². The monoisotopic (exact) mass is 262 g/mol. The van der Waals surface area contributed by atoms with Crippen LogP contribution >= 0.6 is 0 Å². The first-order valence-electron chi connectivity index (χ1n) is 5.66. The second-order valence-electron chi connectivity index (χ2n) is 4.20. The fourth-order valence-electron chi connectivity index (χ4n) is 2.03. The summed E-state index contributed by atoms with van der Waals surface area (Å²) in [6.45, 7) is 0. The number of aromatic nitrogens is 2. The third kappa shape index (κ3) is 2.07. The Bertz CT molecular complexity index is 729. The second kappa shape index (κ2) is 4.12. The number of H-pyrrole nitrogens is 1. The maximum Gasteiger partial charge on any atom is 0.416 e. The zero-order valence-electron chi connectivity index (χ0n) is 9.70. The Morgan fingerprint density at radius 1 is 0.947 bits per heavy atom. The smallest absolute Gasteiger partial charge is 0.277 e. The van der Waals surface area contributed by atoms with Crippen molar-refractivity contribution in [2.75, 3.05) is 0 Å². The molecule has 2 aromatic carbocycles. The van der Waals surface area contributed by atoms with Gasteiger partial charge in [-0.3, -0.25) is 5.10 Å². The minimum atomic E-state index is -4.35. The molecule has 0 aliphatic heterocycles. The molecule has 1 aromatic heterocycles. The van der Waals surface area contributed by atoms with E-state index in [1.54, 1.807) is 6.07 Å². The zero-order valence-corrected chi connectivity index (χ0v) is 9.70. The first kappa shape index (κ1) is 11.8. The molecule has 0 saturated heterocycles. The van der Waals surface area contributed by atoms with E-state index < -0.39 is 11.7 Å². The van der Waals surface area contributed by atoms with Gasteiger partial charge in [-0.25, -0.2) is 0 Å². The predicted molar refractivity (Wildman–Crippen MR) is 66.5 cm³/mol. The summed E-state index contributed by atoms with van der Waals surface area (Å²) < 4.78 is 38.1. The summed E-state index contributed by atoms with van der Waals surface area (Å²) in [7, 11) is 0. The lowest BCUT2D eigenvalue weighted by Crippen LogP contribution is -2.04. The molecule has 0 spiro atoms. The van der Waals surface area contributed by atoms with Crippen molar-refractivity contribution >= 4 is 10.9 Å².